The molecule has 0 saturated heterocycles. The summed E-state index contributed by atoms with van der Waals surface area (Å²) in [5.41, 5.74) is 0.548. The number of hydrogen-bond donors (Lipinski definition) is 1. The van der Waals surface area contributed by atoms with Gasteiger partial charge >= 0.3 is 5.97 Å². The van der Waals surface area contributed by atoms with Crippen molar-refractivity contribution in [3.05, 3.63) is 47.5 Å². The Morgan fingerprint density at radius 2 is 1.96 bits per heavy atom. The number of hydrogen-bond acceptors (Lipinski definition) is 4. The van der Waals surface area contributed by atoms with Crippen LogP contribution in [-0.4, -0.2) is 48.9 Å². The molecule has 0 heterocycles. The van der Waals surface area contributed by atoms with E-state index in [9.17, 15) is 23.2 Å². The van der Waals surface area contributed by atoms with Gasteiger partial charge in [-0.15, -0.1) is 0 Å². The third kappa shape index (κ3) is 7.98. The zero-order valence-corrected chi connectivity index (χ0v) is 15.5. The largest absolute Gasteiger partial charge is 0.456 e. The molecular formula is C19H24F2N2O4. The fraction of sp³-hybridized carbons (Fsp3) is 0.421. The van der Waals surface area contributed by atoms with Crippen molar-refractivity contribution >= 4 is 17.8 Å². The van der Waals surface area contributed by atoms with Crippen LogP contribution < -0.4 is 5.32 Å². The molecule has 1 aromatic rings. The van der Waals surface area contributed by atoms with E-state index in [1.54, 1.807) is 6.92 Å². The van der Waals surface area contributed by atoms with Crippen LogP contribution in [0, 0.1) is 11.6 Å². The maximum absolute atomic E-state index is 13.5. The number of carbonyl (C=O) groups is 3. The van der Waals surface area contributed by atoms with Gasteiger partial charge in [-0.2, -0.15) is 0 Å². The molecular weight excluding hydrogens is 358 g/mol. The van der Waals surface area contributed by atoms with Gasteiger partial charge in [-0.25, -0.2) is 8.78 Å². The molecule has 0 aromatic heterocycles. The summed E-state index contributed by atoms with van der Waals surface area (Å²) in [5.74, 6) is -3.31. The number of benzene rings is 1. The first-order valence-electron chi connectivity index (χ1n) is 8.55. The summed E-state index contributed by atoms with van der Waals surface area (Å²) in [7, 11) is 0. The third-order valence-corrected chi connectivity index (χ3v) is 3.57. The monoisotopic (exact) mass is 382 g/mol. The van der Waals surface area contributed by atoms with Crippen LogP contribution in [0.2, 0.25) is 0 Å². The minimum atomic E-state index is -0.958. The van der Waals surface area contributed by atoms with Crippen molar-refractivity contribution in [3.8, 4) is 0 Å². The van der Waals surface area contributed by atoms with E-state index in [0.29, 0.717) is 19.2 Å². The number of ether oxygens (including phenoxy) is 1. The molecule has 148 valence electrons. The number of halogens is 2. The maximum atomic E-state index is 13.5. The summed E-state index contributed by atoms with van der Waals surface area (Å²) in [6.45, 7) is 7.99. The van der Waals surface area contributed by atoms with Crippen LogP contribution in [0.3, 0.4) is 0 Å². The van der Waals surface area contributed by atoms with Crippen molar-refractivity contribution < 1.29 is 27.9 Å². The van der Waals surface area contributed by atoms with Crippen molar-refractivity contribution in [2.75, 3.05) is 26.2 Å². The van der Waals surface area contributed by atoms with Gasteiger partial charge in [0.15, 0.2) is 6.61 Å². The maximum Gasteiger partial charge on any atom is 0.306 e. The molecule has 1 aromatic carbocycles. The molecule has 2 amide bonds. The third-order valence-electron chi connectivity index (χ3n) is 3.57. The van der Waals surface area contributed by atoms with E-state index in [1.807, 2.05) is 6.92 Å². The van der Waals surface area contributed by atoms with Gasteiger partial charge in [0.2, 0.25) is 0 Å². The predicted molar refractivity (Wildman–Crippen MR) is 96.0 cm³/mol. The first kappa shape index (κ1) is 22.3. The lowest BCUT2D eigenvalue weighted by atomic mass is 10.2. The second kappa shape index (κ2) is 11.1. The number of nitrogens with zero attached hydrogens (tertiary/aromatic N) is 1. The molecule has 8 heteroatoms. The van der Waals surface area contributed by atoms with Crippen LogP contribution in [0.25, 0.3) is 0 Å². The summed E-state index contributed by atoms with van der Waals surface area (Å²) in [6.07, 6.45) is 0.247. The van der Waals surface area contributed by atoms with Gasteiger partial charge in [-0.1, -0.05) is 12.2 Å². The molecule has 0 unspecified atom stereocenters. The Morgan fingerprint density at radius 3 is 2.56 bits per heavy atom. The summed E-state index contributed by atoms with van der Waals surface area (Å²) >= 11 is 0. The van der Waals surface area contributed by atoms with Crippen molar-refractivity contribution in [2.45, 2.75) is 26.7 Å². The van der Waals surface area contributed by atoms with Crippen LogP contribution in [0.4, 0.5) is 8.78 Å². The Balaban J connectivity index is 2.29. The van der Waals surface area contributed by atoms with Crippen LogP contribution in [0.1, 0.15) is 37.0 Å². The lowest BCUT2D eigenvalue weighted by molar-refractivity contribution is -0.151. The van der Waals surface area contributed by atoms with E-state index in [0.717, 1.165) is 17.7 Å². The van der Waals surface area contributed by atoms with E-state index < -0.39 is 23.5 Å². The minimum Gasteiger partial charge on any atom is -0.456 e. The van der Waals surface area contributed by atoms with Crippen molar-refractivity contribution in [1.82, 2.24) is 10.2 Å². The van der Waals surface area contributed by atoms with Crippen LogP contribution in [-0.2, 0) is 14.3 Å². The van der Waals surface area contributed by atoms with Gasteiger partial charge in [0.05, 0.1) is 5.56 Å². The molecule has 27 heavy (non-hydrogen) atoms. The normalized spacial score (nSPS) is 10.2. The predicted octanol–water partition coefficient (Wildman–Crippen LogP) is 2.44. The van der Waals surface area contributed by atoms with Gasteiger partial charge in [-0.3, -0.25) is 14.4 Å². The van der Waals surface area contributed by atoms with Gasteiger partial charge in [0, 0.05) is 32.1 Å². The fourth-order valence-electron chi connectivity index (χ4n) is 2.21. The molecule has 0 spiro atoms. The molecule has 1 N–H and O–H groups in total. The highest BCUT2D eigenvalue weighted by atomic mass is 19.1. The van der Waals surface area contributed by atoms with E-state index in [4.69, 9.17) is 4.74 Å². The van der Waals surface area contributed by atoms with E-state index in [1.165, 1.54) is 4.90 Å². The van der Waals surface area contributed by atoms with Crippen LogP contribution >= 0.6 is 0 Å². The second-order valence-corrected chi connectivity index (χ2v) is 6.01. The Kier molecular flexibility index (Phi) is 9.12. The number of amides is 2. The molecule has 0 aliphatic carbocycles. The van der Waals surface area contributed by atoms with Crippen molar-refractivity contribution in [1.29, 1.82) is 0 Å². The van der Waals surface area contributed by atoms with Crippen LogP contribution in [0.15, 0.2) is 30.4 Å². The molecule has 0 atom stereocenters. The zero-order valence-electron chi connectivity index (χ0n) is 15.5. The molecule has 0 aliphatic heterocycles. The lowest BCUT2D eigenvalue weighted by Gasteiger charge is -2.20. The Morgan fingerprint density at radius 1 is 1.26 bits per heavy atom. The lowest BCUT2D eigenvalue weighted by Crippen LogP contribution is -2.35. The Labute approximate surface area is 157 Å². The molecule has 0 aliphatic rings. The number of likely N-dealkylation sites (N-methyl/N-ethyl adjacent to an activating group) is 1. The van der Waals surface area contributed by atoms with Crippen molar-refractivity contribution in [2.24, 2.45) is 0 Å². The van der Waals surface area contributed by atoms with Gasteiger partial charge < -0.3 is 15.0 Å². The Bertz CT molecular complexity index is 707. The molecule has 0 saturated carbocycles. The van der Waals surface area contributed by atoms with Crippen LogP contribution in [0.5, 0.6) is 0 Å². The molecule has 0 fully saturated rings. The fourth-order valence-corrected chi connectivity index (χ4v) is 2.21. The highest BCUT2D eigenvalue weighted by Crippen LogP contribution is 2.09. The van der Waals surface area contributed by atoms with E-state index >= 15 is 0 Å². The highest BCUT2D eigenvalue weighted by Gasteiger charge is 2.15. The standard InChI is InChI=1S/C19H24F2N2O4/c1-4-23(11-13(2)3)17(24)12-27-18(25)6-5-9-22-19(26)15-8-7-14(20)10-16(15)21/h7-8,10H,2,4-6,9,11-12H2,1,3H3,(H,22,26). The van der Waals surface area contributed by atoms with Gasteiger partial charge in [0.25, 0.3) is 11.8 Å². The Hall–Kier alpha value is -2.77. The molecule has 0 radical (unpaired) electrons. The first-order valence-corrected chi connectivity index (χ1v) is 8.55. The van der Waals surface area contributed by atoms with Crippen molar-refractivity contribution in [3.63, 3.8) is 0 Å². The highest BCUT2D eigenvalue weighted by molar-refractivity contribution is 5.94. The zero-order chi connectivity index (χ0) is 20.4. The van der Waals surface area contributed by atoms with Gasteiger partial charge in [0.1, 0.15) is 11.6 Å². The average molecular weight is 382 g/mol. The van der Waals surface area contributed by atoms with E-state index in [2.05, 4.69) is 11.9 Å². The topological polar surface area (TPSA) is 75.7 Å². The summed E-state index contributed by atoms with van der Waals surface area (Å²) in [4.78, 5) is 36.9. The molecule has 1 rings (SSSR count). The quantitative estimate of drug-likeness (QED) is 0.383. The SMILES string of the molecule is C=C(C)CN(CC)C(=O)COC(=O)CCCNC(=O)c1ccc(F)cc1F. The minimum absolute atomic E-state index is 0.00787. The number of carbonyl (C=O) groups excluding carboxylic acids is 3. The molecule has 0 bridgehead atoms. The number of rotatable bonds is 10. The first-order chi connectivity index (χ1) is 12.7. The number of esters is 1. The summed E-state index contributed by atoms with van der Waals surface area (Å²) in [6, 6.07) is 2.65. The van der Waals surface area contributed by atoms with Gasteiger partial charge in [-0.05, 0) is 32.4 Å². The summed E-state index contributed by atoms with van der Waals surface area (Å²) in [5, 5.41) is 2.43. The number of nitrogens with one attached hydrogen (secondary N) is 1. The average Bonchev–Trinajstić information content (AvgIpc) is 2.60. The summed E-state index contributed by atoms with van der Waals surface area (Å²) < 4.78 is 31.2. The molecule has 6 nitrogen and oxygen atoms in total. The smallest absolute Gasteiger partial charge is 0.306 e. The van der Waals surface area contributed by atoms with E-state index in [-0.39, 0.29) is 37.5 Å². The second-order valence-electron chi connectivity index (χ2n) is 6.01.